The largest absolute Gasteiger partial charge is 0.395 e. The molecule has 0 bridgehead atoms. The lowest BCUT2D eigenvalue weighted by atomic mass is 9.45. The second kappa shape index (κ2) is 7.71. The van der Waals surface area contributed by atoms with Crippen LogP contribution in [0, 0.1) is 34.5 Å². The number of aliphatic hydroxyl groups is 1. The van der Waals surface area contributed by atoms with E-state index in [0.29, 0.717) is 24.4 Å². The quantitative estimate of drug-likeness (QED) is 0.554. The molecule has 4 aliphatic carbocycles. The average Bonchev–Trinajstić information content (AvgIpc) is 3.00. The van der Waals surface area contributed by atoms with Crippen molar-refractivity contribution < 1.29 is 14.7 Å². The summed E-state index contributed by atoms with van der Waals surface area (Å²) in [5.41, 5.74) is 7.09. The van der Waals surface area contributed by atoms with Crippen LogP contribution in [-0.2, 0) is 9.63 Å². The molecule has 0 aromatic carbocycles. The van der Waals surface area contributed by atoms with E-state index >= 15 is 0 Å². The van der Waals surface area contributed by atoms with Crippen molar-refractivity contribution in [3.8, 4) is 0 Å². The van der Waals surface area contributed by atoms with Gasteiger partial charge < -0.3 is 15.7 Å². The number of rotatable bonds is 5. The molecule has 0 amide bonds. The molecule has 7 atom stereocenters. The zero-order valence-corrected chi connectivity index (χ0v) is 17.7. The van der Waals surface area contributed by atoms with Crippen LogP contribution in [0.2, 0.25) is 0 Å². The van der Waals surface area contributed by atoms with E-state index in [1.165, 1.54) is 44.2 Å². The lowest BCUT2D eigenvalue weighted by molar-refractivity contribution is -0.118. The summed E-state index contributed by atoms with van der Waals surface area (Å²) in [6.45, 7) is 5.33. The summed E-state index contributed by atoms with van der Waals surface area (Å²) in [7, 11) is 0. The van der Waals surface area contributed by atoms with Gasteiger partial charge in [0.15, 0.2) is 0 Å². The highest BCUT2D eigenvalue weighted by atomic mass is 16.6. The molecule has 5 heteroatoms. The van der Waals surface area contributed by atoms with Crippen LogP contribution >= 0.6 is 0 Å². The molecule has 4 saturated carbocycles. The van der Waals surface area contributed by atoms with Gasteiger partial charge in [-0.25, -0.2) is 0 Å². The van der Waals surface area contributed by atoms with Gasteiger partial charge in [0.1, 0.15) is 12.4 Å². The van der Waals surface area contributed by atoms with Crippen LogP contribution in [0.15, 0.2) is 5.16 Å². The third kappa shape index (κ3) is 3.32. The molecule has 7 unspecified atom stereocenters. The van der Waals surface area contributed by atoms with Crippen LogP contribution < -0.4 is 5.73 Å². The molecule has 0 spiro atoms. The van der Waals surface area contributed by atoms with Gasteiger partial charge in [0, 0.05) is 6.42 Å². The topological polar surface area (TPSA) is 84.9 Å². The van der Waals surface area contributed by atoms with E-state index in [4.69, 9.17) is 10.6 Å². The molecule has 4 aliphatic rings. The maximum absolute atomic E-state index is 11.3. The first-order valence-electron chi connectivity index (χ1n) is 11.5. The van der Waals surface area contributed by atoms with Crippen molar-refractivity contribution in [3.05, 3.63) is 0 Å². The normalized spacial score (nSPS) is 46.6. The molecule has 0 aromatic heterocycles. The maximum Gasteiger partial charge on any atom is 0.149 e. The molecule has 0 heterocycles. The predicted molar refractivity (Wildman–Crippen MR) is 110 cm³/mol. The number of nitrogens with two attached hydrogens (primary N) is 1. The zero-order chi connectivity index (χ0) is 19.9. The van der Waals surface area contributed by atoms with Crippen LogP contribution in [0.3, 0.4) is 0 Å². The van der Waals surface area contributed by atoms with Gasteiger partial charge in [-0.2, -0.15) is 0 Å². The molecule has 158 valence electrons. The third-order valence-electron chi connectivity index (χ3n) is 9.34. The Hall–Kier alpha value is -0.940. The predicted octanol–water partition coefficient (Wildman–Crippen LogP) is 3.68. The summed E-state index contributed by atoms with van der Waals surface area (Å²) in [4.78, 5) is 16.7. The number of ketones is 1. The van der Waals surface area contributed by atoms with Gasteiger partial charge in [0.05, 0.1) is 18.4 Å². The van der Waals surface area contributed by atoms with Crippen LogP contribution in [-0.4, -0.2) is 35.9 Å². The van der Waals surface area contributed by atoms with Gasteiger partial charge in [-0.1, -0.05) is 19.0 Å². The molecule has 4 fully saturated rings. The Morgan fingerprint density at radius 3 is 2.71 bits per heavy atom. The van der Waals surface area contributed by atoms with E-state index in [0.717, 1.165) is 37.0 Å². The highest BCUT2D eigenvalue weighted by Crippen LogP contribution is 2.65. The van der Waals surface area contributed by atoms with E-state index in [1.54, 1.807) is 0 Å². The first-order chi connectivity index (χ1) is 13.4. The molecule has 28 heavy (non-hydrogen) atoms. The van der Waals surface area contributed by atoms with Gasteiger partial charge in [0.2, 0.25) is 0 Å². The van der Waals surface area contributed by atoms with Gasteiger partial charge in [0.25, 0.3) is 0 Å². The summed E-state index contributed by atoms with van der Waals surface area (Å²) in [5, 5.41) is 15.0. The molecule has 0 aliphatic heterocycles. The monoisotopic (exact) mass is 390 g/mol. The van der Waals surface area contributed by atoms with Crippen molar-refractivity contribution in [1.29, 1.82) is 0 Å². The molecule has 4 rings (SSSR count). The van der Waals surface area contributed by atoms with E-state index in [-0.39, 0.29) is 23.8 Å². The summed E-state index contributed by atoms with van der Waals surface area (Å²) >= 11 is 0. The molecule has 5 nitrogen and oxygen atoms in total. The Morgan fingerprint density at radius 1 is 1.14 bits per heavy atom. The number of hydrogen-bond donors (Lipinski definition) is 2. The van der Waals surface area contributed by atoms with E-state index < -0.39 is 0 Å². The van der Waals surface area contributed by atoms with Crippen molar-refractivity contribution >= 4 is 11.5 Å². The Bertz CT molecular complexity index is 635. The fourth-order valence-electron chi connectivity index (χ4n) is 7.51. The van der Waals surface area contributed by atoms with Gasteiger partial charge in [-0.3, -0.25) is 4.79 Å². The number of hydrogen-bond acceptors (Lipinski definition) is 5. The average molecular weight is 391 g/mol. The minimum Gasteiger partial charge on any atom is -0.395 e. The van der Waals surface area contributed by atoms with Crippen LogP contribution in [0.25, 0.3) is 0 Å². The molecular weight excluding hydrogens is 352 g/mol. The smallest absolute Gasteiger partial charge is 0.149 e. The van der Waals surface area contributed by atoms with Crippen molar-refractivity contribution in [2.24, 2.45) is 45.4 Å². The van der Waals surface area contributed by atoms with Crippen molar-refractivity contribution in [3.63, 3.8) is 0 Å². The molecule has 0 aromatic rings. The zero-order valence-electron chi connectivity index (χ0n) is 17.7. The SMILES string of the molecule is CC12CCC3C(CCC4CC(=NOCCC(=O)CN)CCC43C)C1CCC2O. The van der Waals surface area contributed by atoms with E-state index in [1.807, 2.05) is 0 Å². The third-order valence-corrected chi connectivity index (χ3v) is 9.34. The minimum atomic E-state index is -0.0858. The lowest BCUT2D eigenvalue weighted by Gasteiger charge is -2.60. The molecule has 3 N–H and O–H groups in total. The number of carbonyl (C=O) groups is 1. The van der Waals surface area contributed by atoms with Crippen LogP contribution in [0.4, 0.5) is 0 Å². The van der Waals surface area contributed by atoms with Crippen molar-refractivity contribution in [2.75, 3.05) is 13.2 Å². The summed E-state index contributed by atoms with van der Waals surface area (Å²) in [5.74, 6) is 3.05. The van der Waals surface area contributed by atoms with Crippen LogP contribution in [0.1, 0.15) is 78.1 Å². The molecular formula is C23H38N2O3. The number of Topliss-reactive ketones (excluding diaryl/α,β-unsaturated/α-hetero) is 1. The Kier molecular flexibility index (Phi) is 5.60. The number of aliphatic hydroxyl groups excluding tert-OH is 1. The summed E-state index contributed by atoms with van der Waals surface area (Å²) < 4.78 is 0. The van der Waals surface area contributed by atoms with Gasteiger partial charge in [-0.05, 0) is 92.3 Å². The van der Waals surface area contributed by atoms with Crippen molar-refractivity contribution in [2.45, 2.75) is 84.2 Å². The fourth-order valence-corrected chi connectivity index (χ4v) is 7.51. The number of nitrogens with zero attached hydrogens (tertiary/aromatic N) is 1. The molecule has 0 radical (unpaired) electrons. The van der Waals surface area contributed by atoms with Gasteiger partial charge in [-0.15, -0.1) is 0 Å². The standard InChI is InChI=1S/C23H38N2O3/c1-22-10-7-16(25-28-12-9-17(26)14-24)13-15(22)3-4-18-19-5-6-21(27)23(19,2)11-8-20(18)22/h15,18-21,27H,3-14,24H2,1-2H3. The van der Waals surface area contributed by atoms with Gasteiger partial charge >= 0.3 is 0 Å². The highest BCUT2D eigenvalue weighted by Gasteiger charge is 2.59. The number of oxime groups is 1. The Morgan fingerprint density at radius 2 is 1.93 bits per heavy atom. The maximum atomic E-state index is 11.3. The second-order valence-electron chi connectivity index (χ2n) is 10.5. The number of fused-ring (bicyclic) bond motifs is 5. The van der Waals surface area contributed by atoms with E-state index in [2.05, 4.69) is 19.0 Å². The van der Waals surface area contributed by atoms with Crippen LogP contribution in [0.5, 0.6) is 0 Å². The fraction of sp³-hybridized carbons (Fsp3) is 0.913. The molecule has 0 saturated heterocycles. The Labute approximate surface area is 169 Å². The number of carbonyl (C=O) groups excluding carboxylic acids is 1. The summed E-state index contributed by atoms with van der Waals surface area (Å²) in [6.07, 6.45) is 10.8. The minimum absolute atomic E-state index is 0.0241. The second-order valence-corrected chi connectivity index (χ2v) is 10.5. The lowest BCUT2D eigenvalue weighted by Crippen LogP contribution is -2.54. The first kappa shape index (κ1) is 20.3. The van der Waals surface area contributed by atoms with E-state index in [9.17, 15) is 9.90 Å². The first-order valence-corrected chi connectivity index (χ1v) is 11.5. The Balaban J connectivity index is 1.40. The highest BCUT2D eigenvalue weighted by molar-refractivity contribution is 5.85. The van der Waals surface area contributed by atoms with Crippen molar-refractivity contribution in [1.82, 2.24) is 0 Å². The summed E-state index contributed by atoms with van der Waals surface area (Å²) in [6, 6.07) is 0.